The molecule has 3 heteroatoms. The molecule has 1 atom stereocenters. The summed E-state index contributed by atoms with van der Waals surface area (Å²) in [5, 5.41) is 19.3. The van der Waals surface area contributed by atoms with E-state index in [0.717, 1.165) is 25.1 Å². The highest BCUT2D eigenvalue weighted by Crippen LogP contribution is 2.26. The molecule has 1 saturated carbocycles. The second-order valence-corrected chi connectivity index (χ2v) is 5.56. The van der Waals surface area contributed by atoms with E-state index in [9.17, 15) is 5.11 Å². The molecule has 0 saturated heterocycles. The van der Waals surface area contributed by atoms with E-state index < -0.39 is 6.10 Å². The second kappa shape index (κ2) is 7.04. The zero-order chi connectivity index (χ0) is 13.7. The van der Waals surface area contributed by atoms with Crippen molar-refractivity contribution in [1.82, 2.24) is 4.90 Å². The smallest absolute Gasteiger partial charge is 0.0802 e. The average molecular weight is 263 g/mol. The van der Waals surface area contributed by atoms with Gasteiger partial charge in [0.25, 0.3) is 0 Å². The number of rotatable bonds is 7. The minimum absolute atomic E-state index is 0.205. The van der Waals surface area contributed by atoms with Crippen LogP contribution in [0.2, 0.25) is 0 Å². The molecule has 2 rings (SSSR count). The van der Waals surface area contributed by atoms with E-state index in [0.29, 0.717) is 6.04 Å². The SMILES string of the molecule is Cc1ccc(C(O)CCN(CCO)C2CCC2)cc1. The van der Waals surface area contributed by atoms with Crippen molar-refractivity contribution >= 4 is 0 Å². The summed E-state index contributed by atoms with van der Waals surface area (Å²) in [7, 11) is 0. The highest BCUT2D eigenvalue weighted by Gasteiger charge is 2.24. The summed E-state index contributed by atoms with van der Waals surface area (Å²) in [4.78, 5) is 2.32. The lowest BCUT2D eigenvalue weighted by molar-refractivity contribution is 0.0765. The number of aliphatic hydroxyl groups excluding tert-OH is 2. The molecule has 1 aliphatic carbocycles. The molecule has 1 fully saturated rings. The van der Waals surface area contributed by atoms with E-state index in [1.54, 1.807) is 0 Å². The van der Waals surface area contributed by atoms with Gasteiger partial charge in [-0.05, 0) is 31.7 Å². The van der Waals surface area contributed by atoms with Crippen molar-refractivity contribution in [3.63, 3.8) is 0 Å². The maximum Gasteiger partial charge on any atom is 0.0802 e. The van der Waals surface area contributed by atoms with Gasteiger partial charge in [-0.25, -0.2) is 0 Å². The topological polar surface area (TPSA) is 43.7 Å². The normalized spacial score (nSPS) is 17.5. The van der Waals surface area contributed by atoms with Crippen LogP contribution in [0.4, 0.5) is 0 Å². The van der Waals surface area contributed by atoms with Crippen molar-refractivity contribution in [2.45, 2.75) is 44.8 Å². The summed E-state index contributed by atoms with van der Waals surface area (Å²) in [5.74, 6) is 0. The molecule has 1 aromatic rings. The molecule has 106 valence electrons. The van der Waals surface area contributed by atoms with Crippen LogP contribution in [0.25, 0.3) is 0 Å². The third-order valence-electron chi connectivity index (χ3n) is 4.13. The van der Waals surface area contributed by atoms with Crippen LogP contribution in [0.1, 0.15) is 42.9 Å². The Morgan fingerprint density at radius 3 is 2.42 bits per heavy atom. The van der Waals surface area contributed by atoms with Crippen molar-refractivity contribution < 1.29 is 10.2 Å². The van der Waals surface area contributed by atoms with Gasteiger partial charge in [-0.3, -0.25) is 4.90 Å². The summed E-state index contributed by atoms with van der Waals surface area (Å²) < 4.78 is 0. The Kier molecular flexibility index (Phi) is 5.37. The molecule has 0 aromatic heterocycles. The monoisotopic (exact) mass is 263 g/mol. The Morgan fingerprint density at radius 1 is 1.21 bits per heavy atom. The van der Waals surface area contributed by atoms with Crippen molar-refractivity contribution in [2.24, 2.45) is 0 Å². The number of hydrogen-bond donors (Lipinski definition) is 2. The molecular formula is C16H25NO2. The molecule has 0 spiro atoms. The minimum atomic E-state index is -0.401. The number of aryl methyl sites for hydroxylation is 1. The van der Waals surface area contributed by atoms with Crippen molar-refractivity contribution in [1.29, 1.82) is 0 Å². The van der Waals surface area contributed by atoms with Crippen LogP contribution in [0.3, 0.4) is 0 Å². The first kappa shape index (κ1) is 14.5. The van der Waals surface area contributed by atoms with Gasteiger partial charge in [-0.1, -0.05) is 36.2 Å². The van der Waals surface area contributed by atoms with Gasteiger partial charge in [0.2, 0.25) is 0 Å². The van der Waals surface area contributed by atoms with Gasteiger partial charge in [0.05, 0.1) is 12.7 Å². The molecule has 3 nitrogen and oxygen atoms in total. The number of benzene rings is 1. The van der Waals surface area contributed by atoms with E-state index in [1.807, 2.05) is 24.3 Å². The summed E-state index contributed by atoms with van der Waals surface area (Å²) in [6.07, 6.45) is 4.11. The molecule has 0 amide bonds. The van der Waals surface area contributed by atoms with Crippen LogP contribution in [0, 0.1) is 6.92 Å². The lowest BCUT2D eigenvalue weighted by Crippen LogP contribution is -2.42. The standard InChI is InChI=1S/C16H25NO2/c1-13-5-7-14(8-6-13)16(19)9-10-17(11-12-18)15-3-2-4-15/h5-8,15-16,18-19H,2-4,9-12H2,1H3. The predicted molar refractivity (Wildman–Crippen MR) is 77.1 cm³/mol. The predicted octanol–water partition coefficient (Wildman–Crippen LogP) is 2.27. The Bertz CT molecular complexity index is 373. The maximum atomic E-state index is 10.2. The molecule has 0 radical (unpaired) electrons. The summed E-state index contributed by atoms with van der Waals surface area (Å²) in [6.45, 7) is 3.85. The number of hydrogen-bond acceptors (Lipinski definition) is 3. The quantitative estimate of drug-likeness (QED) is 0.793. The molecule has 1 unspecified atom stereocenters. The lowest BCUT2D eigenvalue weighted by atomic mass is 9.91. The zero-order valence-corrected chi connectivity index (χ0v) is 11.8. The fourth-order valence-electron chi connectivity index (χ4n) is 2.60. The number of nitrogens with zero attached hydrogens (tertiary/aromatic N) is 1. The van der Waals surface area contributed by atoms with Crippen LogP contribution in [0.5, 0.6) is 0 Å². The molecule has 1 aliphatic rings. The molecule has 1 aromatic carbocycles. The molecule has 2 N–H and O–H groups in total. The van der Waals surface area contributed by atoms with Gasteiger partial charge < -0.3 is 10.2 Å². The van der Waals surface area contributed by atoms with Gasteiger partial charge in [0.1, 0.15) is 0 Å². The Balaban J connectivity index is 1.83. The molecule has 0 bridgehead atoms. The first-order valence-electron chi connectivity index (χ1n) is 7.30. The maximum absolute atomic E-state index is 10.2. The van der Waals surface area contributed by atoms with E-state index in [1.165, 1.54) is 24.8 Å². The van der Waals surface area contributed by atoms with Crippen LogP contribution in [-0.4, -0.2) is 40.9 Å². The largest absolute Gasteiger partial charge is 0.395 e. The molecule has 0 aliphatic heterocycles. The first-order chi connectivity index (χ1) is 9.20. The van der Waals surface area contributed by atoms with Crippen LogP contribution in [0.15, 0.2) is 24.3 Å². The van der Waals surface area contributed by atoms with Gasteiger partial charge in [-0.15, -0.1) is 0 Å². The van der Waals surface area contributed by atoms with Gasteiger partial charge in [0.15, 0.2) is 0 Å². The summed E-state index contributed by atoms with van der Waals surface area (Å²) in [6, 6.07) is 8.70. The minimum Gasteiger partial charge on any atom is -0.395 e. The third kappa shape index (κ3) is 4.03. The first-order valence-corrected chi connectivity index (χ1v) is 7.30. The summed E-state index contributed by atoms with van der Waals surface area (Å²) in [5.41, 5.74) is 2.20. The van der Waals surface area contributed by atoms with E-state index in [4.69, 9.17) is 5.11 Å². The highest BCUT2D eigenvalue weighted by molar-refractivity contribution is 5.23. The average Bonchev–Trinajstić information content (AvgIpc) is 2.34. The fourth-order valence-corrected chi connectivity index (χ4v) is 2.60. The highest BCUT2D eigenvalue weighted by atomic mass is 16.3. The van der Waals surface area contributed by atoms with Crippen molar-refractivity contribution in [2.75, 3.05) is 19.7 Å². The molecular weight excluding hydrogens is 238 g/mol. The van der Waals surface area contributed by atoms with E-state index in [2.05, 4.69) is 11.8 Å². The third-order valence-corrected chi connectivity index (χ3v) is 4.13. The van der Waals surface area contributed by atoms with Gasteiger partial charge in [-0.2, -0.15) is 0 Å². The second-order valence-electron chi connectivity index (χ2n) is 5.56. The summed E-state index contributed by atoms with van der Waals surface area (Å²) >= 11 is 0. The molecule has 19 heavy (non-hydrogen) atoms. The molecule has 0 heterocycles. The number of aliphatic hydroxyl groups is 2. The zero-order valence-electron chi connectivity index (χ0n) is 11.8. The lowest BCUT2D eigenvalue weighted by Gasteiger charge is -2.37. The van der Waals surface area contributed by atoms with Crippen molar-refractivity contribution in [3.8, 4) is 0 Å². The fraction of sp³-hybridized carbons (Fsp3) is 0.625. The van der Waals surface area contributed by atoms with E-state index in [-0.39, 0.29) is 6.61 Å². The van der Waals surface area contributed by atoms with Gasteiger partial charge in [0, 0.05) is 19.1 Å². The van der Waals surface area contributed by atoms with E-state index >= 15 is 0 Å². The van der Waals surface area contributed by atoms with Crippen LogP contribution in [-0.2, 0) is 0 Å². The van der Waals surface area contributed by atoms with Crippen molar-refractivity contribution in [3.05, 3.63) is 35.4 Å². The van der Waals surface area contributed by atoms with Crippen LogP contribution < -0.4 is 0 Å². The Morgan fingerprint density at radius 2 is 1.89 bits per heavy atom. The Labute approximate surface area is 115 Å². The Hall–Kier alpha value is -0.900. The van der Waals surface area contributed by atoms with Crippen LogP contribution >= 0.6 is 0 Å². The van der Waals surface area contributed by atoms with Gasteiger partial charge >= 0.3 is 0 Å².